The van der Waals surface area contributed by atoms with Gasteiger partial charge in [-0.25, -0.2) is 0 Å². The van der Waals surface area contributed by atoms with Gasteiger partial charge in [-0.3, -0.25) is 0 Å². The number of rotatable bonds is 1. The quantitative estimate of drug-likeness (QED) is 0.172. The predicted molar refractivity (Wildman–Crippen MR) is 121 cm³/mol. The third-order valence-electron chi connectivity index (χ3n) is 5.77. The molecule has 0 atom stereocenters. The Kier molecular flexibility index (Phi) is 5.04. The summed E-state index contributed by atoms with van der Waals surface area (Å²) in [6.45, 7) is 10.8. The van der Waals surface area contributed by atoms with E-state index in [2.05, 4.69) is 99.0 Å². The molecule has 0 aliphatic rings. The number of hydrogen-bond acceptors (Lipinski definition) is 2. The number of aromatic nitrogens is 3. The van der Waals surface area contributed by atoms with Gasteiger partial charge in [0, 0.05) is 37.9 Å². The average Bonchev–Trinajstić information content (AvgIpc) is 3.10. The molecule has 0 bridgehead atoms. The summed E-state index contributed by atoms with van der Waals surface area (Å²) < 4.78 is 2.25. The molecule has 0 fully saturated rings. The van der Waals surface area contributed by atoms with Gasteiger partial charge in [0.15, 0.2) is 0 Å². The van der Waals surface area contributed by atoms with E-state index in [-0.39, 0.29) is 25.5 Å². The first kappa shape index (κ1) is 20.7. The topological polar surface area (TPSA) is 30.7 Å². The van der Waals surface area contributed by atoms with E-state index in [1.54, 1.807) is 0 Å². The van der Waals surface area contributed by atoms with Crippen molar-refractivity contribution in [3.8, 4) is 5.69 Å². The van der Waals surface area contributed by atoms with Crippen LogP contribution in [0.5, 0.6) is 0 Å². The van der Waals surface area contributed by atoms with E-state index in [1.165, 1.54) is 22.2 Å². The van der Waals surface area contributed by atoms with Gasteiger partial charge in [0.05, 0.1) is 11.2 Å². The van der Waals surface area contributed by atoms with Crippen molar-refractivity contribution in [1.82, 2.24) is 14.5 Å². The van der Waals surface area contributed by atoms with Crippen molar-refractivity contribution in [2.24, 2.45) is 0 Å². The molecule has 4 heteroatoms. The summed E-state index contributed by atoms with van der Waals surface area (Å²) >= 11 is 0. The van der Waals surface area contributed by atoms with Gasteiger partial charge in [-0.1, -0.05) is 56.5 Å². The number of para-hydroxylation sites is 1. The monoisotopic (exact) mass is 571 g/mol. The smallest absolute Gasteiger partial charge is 0.0701 e. The van der Waals surface area contributed by atoms with Crippen molar-refractivity contribution < 1.29 is 20.1 Å². The number of hydrogen-bond donors (Lipinski definition) is 0. The maximum atomic E-state index is 4.85. The van der Waals surface area contributed by atoms with Crippen LogP contribution in [-0.4, -0.2) is 14.5 Å². The number of pyridine rings is 2. The summed E-state index contributed by atoms with van der Waals surface area (Å²) in [6.07, 6.45) is 7.40. The van der Waals surface area contributed by atoms with Crippen LogP contribution in [0.3, 0.4) is 0 Å². The fourth-order valence-corrected chi connectivity index (χ4v) is 4.19. The van der Waals surface area contributed by atoms with Crippen molar-refractivity contribution in [2.75, 3.05) is 0 Å². The van der Waals surface area contributed by atoms with Gasteiger partial charge in [-0.2, -0.15) is 0 Å². The first-order chi connectivity index (χ1) is 13.8. The SMILES string of the molecule is Cc1cccc(C)c1-n1ccc2c3ccc4cc(C(C)(C)C)n[c-]c4c3ncc21.[Ir]. The second-order valence-corrected chi connectivity index (χ2v) is 8.91. The molecule has 0 saturated heterocycles. The van der Waals surface area contributed by atoms with Crippen LogP contribution < -0.4 is 0 Å². The molecule has 30 heavy (non-hydrogen) atoms. The predicted octanol–water partition coefficient (Wildman–Crippen LogP) is 6.44. The zero-order valence-electron chi connectivity index (χ0n) is 17.9. The van der Waals surface area contributed by atoms with Gasteiger partial charge in [0.25, 0.3) is 0 Å². The third kappa shape index (κ3) is 3.15. The molecule has 0 N–H and O–H groups in total. The molecule has 3 nitrogen and oxygen atoms in total. The number of benzene rings is 2. The molecular formula is C26H24IrN3-. The maximum absolute atomic E-state index is 4.85. The molecule has 0 amide bonds. The van der Waals surface area contributed by atoms with Gasteiger partial charge >= 0.3 is 0 Å². The van der Waals surface area contributed by atoms with Crippen molar-refractivity contribution in [2.45, 2.75) is 40.0 Å². The van der Waals surface area contributed by atoms with Crippen LogP contribution in [0.4, 0.5) is 0 Å². The normalized spacial score (nSPS) is 11.9. The number of fused-ring (bicyclic) bond motifs is 5. The van der Waals surface area contributed by atoms with Gasteiger partial charge < -0.3 is 14.5 Å². The summed E-state index contributed by atoms with van der Waals surface area (Å²) in [4.78, 5) is 9.47. The fraction of sp³-hybridized carbons (Fsp3) is 0.231. The Morgan fingerprint density at radius 2 is 1.67 bits per heavy atom. The van der Waals surface area contributed by atoms with Gasteiger partial charge in [-0.15, -0.1) is 11.5 Å². The minimum absolute atomic E-state index is 0. The minimum Gasteiger partial charge on any atom is -0.356 e. The molecular weight excluding hydrogens is 547 g/mol. The van der Waals surface area contributed by atoms with Crippen LogP contribution in [0, 0.1) is 20.0 Å². The van der Waals surface area contributed by atoms with E-state index in [1.807, 2.05) is 6.20 Å². The largest absolute Gasteiger partial charge is 0.356 e. The van der Waals surface area contributed by atoms with Gasteiger partial charge in [-0.05, 0) is 59.2 Å². The van der Waals surface area contributed by atoms with E-state index in [4.69, 9.17) is 4.98 Å². The minimum atomic E-state index is -0.000344. The molecule has 0 saturated carbocycles. The Bertz CT molecular complexity index is 1390. The first-order valence-electron chi connectivity index (χ1n) is 10.0. The number of aryl methyl sites for hydroxylation is 2. The van der Waals surface area contributed by atoms with E-state index in [0.717, 1.165) is 32.9 Å². The van der Waals surface area contributed by atoms with Crippen LogP contribution in [-0.2, 0) is 25.5 Å². The van der Waals surface area contributed by atoms with Crippen LogP contribution >= 0.6 is 0 Å². The molecule has 0 unspecified atom stereocenters. The second-order valence-electron chi connectivity index (χ2n) is 8.91. The Morgan fingerprint density at radius 3 is 2.37 bits per heavy atom. The molecule has 0 aliphatic heterocycles. The third-order valence-corrected chi connectivity index (χ3v) is 5.77. The Morgan fingerprint density at radius 1 is 0.933 bits per heavy atom. The zero-order chi connectivity index (χ0) is 20.3. The Labute approximate surface area is 190 Å². The van der Waals surface area contributed by atoms with Crippen molar-refractivity contribution >= 4 is 32.6 Å². The van der Waals surface area contributed by atoms with Crippen LogP contribution in [0.15, 0.2) is 54.9 Å². The summed E-state index contributed by atoms with van der Waals surface area (Å²) in [5.41, 5.74) is 6.87. The maximum Gasteiger partial charge on any atom is 0.0701 e. The van der Waals surface area contributed by atoms with Crippen LogP contribution in [0.25, 0.3) is 38.3 Å². The summed E-state index contributed by atoms with van der Waals surface area (Å²) in [6, 6.07) is 15.1. The van der Waals surface area contributed by atoms with E-state index in [0.29, 0.717) is 0 Å². The van der Waals surface area contributed by atoms with Gasteiger partial charge in [0.2, 0.25) is 0 Å². The standard InChI is InChI=1S/C26H24N3.Ir/c1-16-7-6-8-17(2)25(16)29-12-11-19-20-10-9-18-13-23(26(3,4)5)27-14-21(18)24(20)28-15-22(19)29;/h6-13,15H,1-5H3;/q-1;. The average molecular weight is 571 g/mol. The molecule has 0 aliphatic carbocycles. The fourth-order valence-electron chi connectivity index (χ4n) is 4.19. The molecule has 5 aromatic rings. The zero-order valence-corrected chi connectivity index (χ0v) is 20.3. The second kappa shape index (κ2) is 7.30. The Hall–Kier alpha value is -2.55. The molecule has 153 valence electrons. The van der Waals surface area contributed by atoms with E-state index in [9.17, 15) is 0 Å². The number of nitrogens with zero attached hydrogens (tertiary/aromatic N) is 3. The molecule has 3 heterocycles. The van der Waals surface area contributed by atoms with E-state index < -0.39 is 0 Å². The summed E-state index contributed by atoms with van der Waals surface area (Å²) in [7, 11) is 0. The van der Waals surface area contributed by atoms with Crippen molar-refractivity contribution in [3.63, 3.8) is 0 Å². The molecule has 3 aromatic heterocycles. The van der Waals surface area contributed by atoms with Crippen LogP contribution in [0.1, 0.15) is 37.6 Å². The molecule has 1 radical (unpaired) electrons. The molecule has 2 aromatic carbocycles. The first-order valence-corrected chi connectivity index (χ1v) is 10.0. The van der Waals surface area contributed by atoms with Crippen LogP contribution in [0.2, 0.25) is 0 Å². The van der Waals surface area contributed by atoms with Crippen molar-refractivity contribution in [3.05, 3.63) is 77.9 Å². The van der Waals surface area contributed by atoms with Crippen molar-refractivity contribution in [1.29, 1.82) is 0 Å². The molecule has 5 rings (SSSR count). The summed E-state index contributed by atoms with van der Waals surface area (Å²) in [5.74, 6) is 0. The van der Waals surface area contributed by atoms with E-state index >= 15 is 0 Å². The Balaban J connectivity index is 0.00000218. The van der Waals surface area contributed by atoms with Gasteiger partial charge in [0.1, 0.15) is 0 Å². The molecule has 0 spiro atoms. The summed E-state index contributed by atoms with van der Waals surface area (Å²) in [5, 5.41) is 4.46.